The van der Waals surface area contributed by atoms with Gasteiger partial charge in [-0.25, -0.2) is 9.98 Å². The van der Waals surface area contributed by atoms with Crippen molar-refractivity contribution in [2.45, 2.75) is 19.2 Å². The van der Waals surface area contributed by atoms with Gasteiger partial charge in [-0.1, -0.05) is 36.4 Å². The number of carbonyl (C=O) groups is 2. The topological polar surface area (TPSA) is 59.4 Å². The Morgan fingerprint density at radius 3 is 1.97 bits per heavy atom. The molecule has 0 spiro atoms. The summed E-state index contributed by atoms with van der Waals surface area (Å²) in [4.78, 5) is 35.7. The first kappa shape index (κ1) is 18.6. The van der Waals surface area contributed by atoms with E-state index in [4.69, 9.17) is 16.6 Å². The van der Waals surface area contributed by atoms with E-state index in [1.54, 1.807) is 12.1 Å². The standard InChI is InChI=1S/C25H17ClN2O2/c1-13-11-17-18(12-14(13)2)25(30)23(21(26)24(17)29)28-22-15-7-3-5-9-19(15)27-20-10-6-4-8-16(20)22/h3-12,21H,1-2H3. The molecule has 3 aromatic carbocycles. The van der Waals surface area contributed by atoms with Crippen molar-refractivity contribution < 1.29 is 9.59 Å². The number of para-hydroxylation sites is 2. The number of aromatic nitrogens is 1. The normalized spacial score (nSPS) is 17.7. The molecule has 0 N–H and O–H groups in total. The van der Waals surface area contributed by atoms with Crippen molar-refractivity contribution in [3.8, 4) is 0 Å². The smallest absolute Gasteiger partial charge is 0.209 e. The summed E-state index contributed by atoms with van der Waals surface area (Å²) in [5.74, 6) is -0.603. The maximum Gasteiger partial charge on any atom is 0.209 e. The molecule has 146 valence electrons. The lowest BCUT2D eigenvalue weighted by Crippen LogP contribution is -2.38. The van der Waals surface area contributed by atoms with E-state index >= 15 is 0 Å². The molecule has 1 aliphatic carbocycles. The van der Waals surface area contributed by atoms with Crippen molar-refractivity contribution >= 4 is 56.4 Å². The zero-order chi connectivity index (χ0) is 21.0. The molecule has 0 saturated carbocycles. The molecule has 0 fully saturated rings. The van der Waals surface area contributed by atoms with Crippen LogP contribution in [0.15, 0.2) is 65.7 Å². The van der Waals surface area contributed by atoms with E-state index in [1.807, 2.05) is 62.4 Å². The number of hydrogen-bond acceptors (Lipinski definition) is 4. The van der Waals surface area contributed by atoms with E-state index in [1.165, 1.54) is 0 Å². The van der Waals surface area contributed by atoms with Crippen LogP contribution in [0.1, 0.15) is 31.8 Å². The SMILES string of the molecule is Cc1cc2c(cc1C)C(=O)C(Cl)C(=Nc1c3ccccc3nc3ccccc13)C2=O. The van der Waals surface area contributed by atoms with Gasteiger partial charge in [0.1, 0.15) is 11.1 Å². The summed E-state index contributed by atoms with van der Waals surface area (Å²) in [5, 5.41) is 0.482. The Balaban J connectivity index is 1.81. The van der Waals surface area contributed by atoms with Crippen molar-refractivity contribution in [1.82, 2.24) is 4.98 Å². The number of hydrogen-bond donors (Lipinski definition) is 0. The third-order valence-corrected chi connectivity index (χ3v) is 6.04. The zero-order valence-corrected chi connectivity index (χ0v) is 17.2. The van der Waals surface area contributed by atoms with Crippen molar-refractivity contribution in [1.29, 1.82) is 0 Å². The van der Waals surface area contributed by atoms with Gasteiger partial charge in [0.15, 0.2) is 5.78 Å². The summed E-state index contributed by atoms with van der Waals surface area (Å²) in [6.07, 6.45) is 0. The molecule has 4 nitrogen and oxygen atoms in total. The number of aryl methyl sites for hydroxylation is 2. The van der Waals surface area contributed by atoms with Gasteiger partial charge in [-0.05, 0) is 49.2 Å². The van der Waals surface area contributed by atoms with Gasteiger partial charge < -0.3 is 0 Å². The molecule has 1 unspecified atom stereocenters. The van der Waals surface area contributed by atoms with Gasteiger partial charge >= 0.3 is 0 Å². The van der Waals surface area contributed by atoms with Crippen LogP contribution in [-0.4, -0.2) is 27.6 Å². The molecule has 0 saturated heterocycles. The molecule has 0 radical (unpaired) electrons. The maximum atomic E-state index is 13.3. The average Bonchev–Trinajstić information content (AvgIpc) is 2.76. The number of Topliss-reactive ketones (excluding diaryl/α,β-unsaturated/α-hetero) is 2. The number of pyridine rings is 1. The van der Waals surface area contributed by atoms with Crippen LogP contribution in [0.5, 0.6) is 0 Å². The lowest BCUT2D eigenvalue weighted by atomic mass is 9.85. The molecule has 1 atom stereocenters. The second kappa shape index (κ2) is 6.85. The Morgan fingerprint density at radius 2 is 1.37 bits per heavy atom. The first-order valence-corrected chi connectivity index (χ1v) is 10.1. The molecule has 1 aliphatic rings. The van der Waals surface area contributed by atoms with Gasteiger partial charge in [-0.2, -0.15) is 0 Å². The Labute approximate surface area is 178 Å². The second-order valence-corrected chi connectivity index (χ2v) is 7.97. The van der Waals surface area contributed by atoms with E-state index < -0.39 is 5.38 Å². The van der Waals surface area contributed by atoms with Gasteiger partial charge in [0.05, 0.1) is 16.7 Å². The van der Waals surface area contributed by atoms with E-state index in [9.17, 15) is 9.59 Å². The molecular formula is C25H17ClN2O2. The minimum absolute atomic E-state index is 0.0546. The number of benzene rings is 3. The summed E-state index contributed by atoms with van der Waals surface area (Å²) in [6, 6.07) is 18.7. The molecule has 4 aromatic rings. The first-order chi connectivity index (χ1) is 14.5. The van der Waals surface area contributed by atoms with Crippen molar-refractivity contribution in [2.75, 3.05) is 0 Å². The number of aliphatic imine (C=N–C) groups is 1. The second-order valence-electron chi connectivity index (χ2n) is 7.53. The Hall–Kier alpha value is -3.37. The number of carbonyl (C=O) groups excluding carboxylic acids is 2. The van der Waals surface area contributed by atoms with Crippen molar-refractivity contribution in [3.05, 3.63) is 82.9 Å². The largest absolute Gasteiger partial charge is 0.292 e. The molecule has 0 amide bonds. The number of ketones is 2. The van der Waals surface area contributed by atoms with Crippen LogP contribution in [0, 0.1) is 13.8 Å². The van der Waals surface area contributed by atoms with Gasteiger partial charge in [-0.15, -0.1) is 11.6 Å². The minimum atomic E-state index is -1.13. The Bertz CT molecular complexity index is 1370. The predicted octanol–water partition coefficient (Wildman–Crippen LogP) is 5.76. The number of halogens is 1. The summed E-state index contributed by atoms with van der Waals surface area (Å²) < 4.78 is 0. The highest BCUT2D eigenvalue weighted by atomic mass is 35.5. The minimum Gasteiger partial charge on any atom is -0.292 e. The third kappa shape index (κ3) is 2.76. The van der Waals surface area contributed by atoms with Gasteiger partial charge in [0.25, 0.3) is 0 Å². The highest BCUT2D eigenvalue weighted by molar-refractivity contribution is 6.65. The number of rotatable bonds is 1. The van der Waals surface area contributed by atoms with E-state index in [2.05, 4.69) is 4.98 Å². The fourth-order valence-corrected chi connectivity index (χ4v) is 4.15. The molecule has 5 rings (SSSR count). The van der Waals surface area contributed by atoms with Crippen LogP contribution in [-0.2, 0) is 0 Å². The molecule has 0 aliphatic heterocycles. The first-order valence-electron chi connectivity index (χ1n) is 9.66. The van der Waals surface area contributed by atoms with E-state index in [-0.39, 0.29) is 17.3 Å². The Morgan fingerprint density at radius 1 is 0.833 bits per heavy atom. The van der Waals surface area contributed by atoms with Gasteiger partial charge in [-0.3, -0.25) is 9.59 Å². The van der Waals surface area contributed by atoms with Crippen LogP contribution < -0.4 is 0 Å². The highest BCUT2D eigenvalue weighted by Gasteiger charge is 2.38. The van der Waals surface area contributed by atoms with Crippen molar-refractivity contribution in [3.63, 3.8) is 0 Å². The van der Waals surface area contributed by atoms with Crippen LogP contribution in [0.2, 0.25) is 0 Å². The monoisotopic (exact) mass is 412 g/mol. The fraction of sp³-hybridized carbons (Fsp3) is 0.120. The van der Waals surface area contributed by atoms with Crippen LogP contribution in [0.25, 0.3) is 21.8 Å². The summed E-state index contributed by atoms with van der Waals surface area (Å²) >= 11 is 6.48. The maximum absolute atomic E-state index is 13.3. The fourth-order valence-electron chi connectivity index (χ4n) is 3.89. The lowest BCUT2D eigenvalue weighted by Gasteiger charge is -2.21. The predicted molar refractivity (Wildman–Crippen MR) is 121 cm³/mol. The highest BCUT2D eigenvalue weighted by Crippen LogP contribution is 2.35. The van der Waals surface area contributed by atoms with E-state index in [0.29, 0.717) is 16.8 Å². The molecule has 0 bridgehead atoms. The number of nitrogens with zero attached hydrogens (tertiary/aromatic N) is 2. The van der Waals surface area contributed by atoms with Gasteiger partial charge in [0.2, 0.25) is 5.78 Å². The van der Waals surface area contributed by atoms with Crippen LogP contribution in [0.4, 0.5) is 5.69 Å². The molecule has 30 heavy (non-hydrogen) atoms. The molecule has 1 aromatic heterocycles. The average molecular weight is 413 g/mol. The lowest BCUT2D eigenvalue weighted by molar-refractivity contribution is 0.0968. The molecular weight excluding hydrogens is 396 g/mol. The quantitative estimate of drug-likeness (QED) is 0.295. The zero-order valence-electron chi connectivity index (χ0n) is 16.4. The van der Waals surface area contributed by atoms with Gasteiger partial charge in [0, 0.05) is 21.9 Å². The van der Waals surface area contributed by atoms with E-state index in [0.717, 1.165) is 32.9 Å². The summed E-state index contributed by atoms with van der Waals surface area (Å²) in [5.41, 5.74) is 4.82. The summed E-state index contributed by atoms with van der Waals surface area (Å²) in [6.45, 7) is 3.83. The van der Waals surface area contributed by atoms with Crippen LogP contribution >= 0.6 is 11.6 Å². The summed E-state index contributed by atoms with van der Waals surface area (Å²) in [7, 11) is 0. The third-order valence-electron chi connectivity index (χ3n) is 5.64. The molecule has 5 heteroatoms. The van der Waals surface area contributed by atoms with Crippen LogP contribution in [0.3, 0.4) is 0 Å². The Kier molecular flexibility index (Phi) is 4.26. The number of fused-ring (bicyclic) bond motifs is 3. The molecule has 1 heterocycles. The number of alkyl halides is 1. The van der Waals surface area contributed by atoms with Crippen molar-refractivity contribution in [2.24, 2.45) is 4.99 Å².